The molecule has 0 atom stereocenters. The van der Waals surface area contributed by atoms with Crippen LogP contribution < -0.4 is 5.32 Å². The van der Waals surface area contributed by atoms with Gasteiger partial charge in [-0.25, -0.2) is 0 Å². The summed E-state index contributed by atoms with van der Waals surface area (Å²) in [5.41, 5.74) is 1.83. The smallest absolute Gasteiger partial charge is 0.0892 e. The highest BCUT2D eigenvalue weighted by Gasteiger charge is 1.96. The zero-order chi connectivity index (χ0) is 13.7. The Kier molecular flexibility index (Phi) is 4.04. The second-order valence-corrected chi connectivity index (χ2v) is 4.32. The van der Waals surface area contributed by atoms with Gasteiger partial charge in [-0.2, -0.15) is 0 Å². The lowest BCUT2D eigenvalue weighted by atomic mass is 10.1. The van der Waals surface area contributed by atoms with E-state index < -0.39 is 0 Å². The zero-order valence-electron chi connectivity index (χ0n) is 10.9. The van der Waals surface area contributed by atoms with Gasteiger partial charge in [0.2, 0.25) is 0 Å². The summed E-state index contributed by atoms with van der Waals surface area (Å²) in [7, 11) is 0. The molecule has 0 aliphatic carbocycles. The van der Waals surface area contributed by atoms with Gasteiger partial charge in [-0.15, -0.1) is 0 Å². The molecule has 0 aromatic heterocycles. The fourth-order valence-electron chi connectivity index (χ4n) is 1.80. The Labute approximate surface area is 113 Å². The van der Waals surface area contributed by atoms with Crippen LogP contribution in [0.5, 0.6) is 0 Å². The third kappa shape index (κ3) is 3.49. The van der Waals surface area contributed by atoms with E-state index >= 15 is 0 Å². The largest absolute Gasteiger partial charge is 0.513 e. The summed E-state index contributed by atoms with van der Waals surface area (Å²) in [4.78, 5) is 0. The van der Waals surface area contributed by atoms with E-state index in [-0.39, 0.29) is 5.76 Å². The fraction of sp³-hybridized carbons (Fsp3) is 0.0588. The van der Waals surface area contributed by atoms with Crippen LogP contribution >= 0.6 is 0 Å². The molecule has 2 rings (SSSR count). The molecule has 0 amide bonds. The average Bonchev–Trinajstić information content (AvgIpc) is 2.43. The number of fused-ring (bicyclic) bond motifs is 1. The van der Waals surface area contributed by atoms with Crippen molar-refractivity contribution in [2.45, 2.75) is 6.92 Å². The predicted molar refractivity (Wildman–Crippen MR) is 82.2 cm³/mol. The standard InChI is InChI=1S/C17H17NO/c1-3-16(10-8-13(2)19)18-17-11-9-14-6-4-5-7-15(14)12-17/h3-12,18-19H,1H2,2H3/b13-8+,16-10+. The van der Waals surface area contributed by atoms with E-state index in [4.69, 9.17) is 5.11 Å². The molecular formula is C17H17NO. The molecule has 0 spiro atoms. The van der Waals surface area contributed by atoms with Gasteiger partial charge in [0, 0.05) is 11.4 Å². The Bertz CT molecular complexity index is 649. The third-order valence-corrected chi connectivity index (χ3v) is 2.76. The molecule has 0 unspecified atom stereocenters. The minimum absolute atomic E-state index is 0.264. The van der Waals surface area contributed by atoms with Gasteiger partial charge >= 0.3 is 0 Å². The van der Waals surface area contributed by atoms with Crippen LogP contribution in [0.2, 0.25) is 0 Å². The minimum Gasteiger partial charge on any atom is -0.513 e. The maximum atomic E-state index is 9.16. The number of allylic oxidation sites excluding steroid dienone is 4. The number of aliphatic hydroxyl groups excluding tert-OH is 1. The van der Waals surface area contributed by atoms with Crippen molar-refractivity contribution in [3.8, 4) is 0 Å². The SMILES string of the molecule is C=C/C(=C\C=C(/C)O)Nc1ccc2ccccc2c1. The number of rotatable bonds is 4. The van der Waals surface area contributed by atoms with E-state index in [2.05, 4.69) is 36.2 Å². The summed E-state index contributed by atoms with van der Waals surface area (Å²) < 4.78 is 0. The minimum atomic E-state index is 0.264. The first kappa shape index (κ1) is 13.0. The van der Waals surface area contributed by atoms with Gasteiger partial charge in [0.05, 0.1) is 5.76 Å². The molecule has 2 heteroatoms. The van der Waals surface area contributed by atoms with Crippen molar-refractivity contribution in [3.05, 3.63) is 78.7 Å². The van der Waals surface area contributed by atoms with E-state index in [1.807, 2.05) is 18.2 Å². The molecule has 19 heavy (non-hydrogen) atoms. The topological polar surface area (TPSA) is 32.3 Å². The summed E-state index contributed by atoms with van der Waals surface area (Å²) in [5.74, 6) is 0.264. The van der Waals surface area contributed by atoms with Crippen molar-refractivity contribution in [2.24, 2.45) is 0 Å². The molecule has 2 aromatic rings. The van der Waals surface area contributed by atoms with Gasteiger partial charge in [-0.3, -0.25) is 0 Å². The number of hydrogen-bond acceptors (Lipinski definition) is 2. The zero-order valence-corrected chi connectivity index (χ0v) is 10.9. The number of aliphatic hydroxyl groups is 1. The number of nitrogens with one attached hydrogen (secondary N) is 1. The Balaban J connectivity index is 2.27. The molecule has 0 bridgehead atoms. The van der Waals surface area contributed by atoms with Crippen molar-refractivity contribution < 1.29 is 5.11 Å². The van der Waals surface area contributed by atoms with Crippen LogP contribution in [0.1, 0.15) is 6.92 Å². The monoisotopic (exact) mass is 251 g/mol. The van der Waals surface area contributed by atoms with Gasteiger partial charge < -0.3 is 10.4 Å². The van der Waals surface area contributed by atoms with Crippen LogP contribution in [0.15, 0.2) is 78.7 Å². The number of hydrogen-bond donors (Lipinski definition) is 2. The first-order valence-corrected chi connectivity index (χ1v) is 6.15. The third-order valence-electron chi connectivity index (χ3n) is 2.76. The second kappa shape index (κ2) is 5.91. The Morgan fingerprint density at radius 1 is 1.11 bits per heavy atom. The summed E-state index contributed by atoms with van der Waals surface area (Å²) in [6.45, 7) is 5.39. The molecule has 0 radical (unpaired) electrons. The first-order chi connectivity index (χ1) is 9.19. The normalized spacial score (nSPS) is 12.5. The fourth-order valence-corrected chi connectivity index (χ4v) is 1.80. The summed E-state index contributed by atoms with van der Waals surface area (Å²) in [6, 6.07) is 14.4. The van der Waals surface area contributed by atoms with Crippen LogP contribution in [-0.2, 0) is 0 Å². The molecule has 2 nitrogen and oxygen atoms in total. The van der Waals surface area contributed by atoms with Gasteiger partial charge in [0.15, 0.2) is 0 Å². The van der Waals surface area contributed by atoms with Crippen LogP contribution in [0.25, 0.3) is 10.8 Å². The first-order valence-electron chi connectivity index (χ1n) is 6.15. The average molecular weight is 251 g/mol. The molecule has 0 saturated carbocycles. The summed E-state index contributed by atoms with van der Waals surface area (Å²) in [6.07, 6.45) is 5.14. The highest BCUT2D eigenvalue weighted by atomic mass is 16.3. The summed E-state index contributed by atoms with van der Waals surface area (Å²) >= 11 is 0. The van der Waals surface area contributed by atoms with Gasteiger partial charge in [0.1, 0.15) is 0 Å². The van der Waals surface area contributed by atoms with Gasteiger partial charge in [-0.05, 0) is 48.1 Å². The van der Waals surface area contributed by atoms with Crippen molar-refractivity contribution >= 4 is 16.5 Å². The molecular weight excluding hydrogens is 234 g/mol. The Hall–Kier alpha value is -2.48. The highest BCUT2D eigenvalue weighted by molar-refractivity contribution is 5.86. The molecule has 2 N–H and O–H groups in total. The molecule has 0 heterocycles. The van der Waals surface area contributed by atoms with Crippen LogP contribution in [-0.4, -0.2) is 5.11 Å². The number of benzene rings is 2. The lowest BCUT2D eigenvalue weighted by Crippen LogP contribution is -1.96. The predicted octanol–water partition coefficient (Wildman–Crippen LogP) is 4.78. The molecule has 2 aromatic carbocycles. The van der Waals surface area contributed by atoms with E-state index in [0.717, 1.165) is 11.4 Å². The molecule has 0 saturated heterocycles. The van der Waals surface area contributed by atoms with Crippen molar-refractivity contribution in [3.63, 3.8) is 0 Å². The second-order valence-electron chi connectivity index (χ2n) is 4.32. The maximum absolute atomic E-state index is 9.16. The van der Waals surface area contributed by atoms with Crippen LogP contribution in [0.3, 0.4) is 0 Å². The van der Waals surface area contributed by atoms with Crippen molar-refractivity contribution in [1.82, 2.24) is 0 Å². The Morgan fingerprint density at radius 2 is 1.84 bits per heavy atom. The highest BCUT2D eigenvalue weighted by Crippen LogP contribution is 2.20. The lowest BCUT2D eigenvalue weighted by Gasteiger charge is -2.08. The van der Waals surface area contributed by atoms with E-state index in [9.17, 15) is 0 Å². The lowest BCUT2D eigenvalue weighted by molar-refractivity contribution is 0.414. The van der Waals surface area contributed by atoms with Crippen molar-refractivity contribution in [1.29, 1.82) is 0 Å². The Morgan fingerprint density at radius 3 is 2.53 bits per heavy atom. The van der Waals surface area contributed by atoms with E-state index in [1.165, 1.54) is 10.8 Å². The molecule has 96 valence electrons. The van der Waals surface area contributed by atoms with Crippen molar-refractivity contribution in [2.75, 3.05) is 5.32 Å². The molecule has 0 aliphatic heterocycles. The van der Waals surface area contributed by atoms with Crippen LogP contribution in [0.4, 0.5) is 5.69 Å². The number of anilines is 1. The van der Waals surface area contributed by atoms with Gasteiger partial charge in [-0.1, -0.05) is 36.9 Å². The van der Waals surface area contributed by atoms with E-state index in [0.29, 0.717) is 0 Å². The molecule has 0 aliphatic rings. The van der Waals surface area contributed by atoms with E-state index in [1.54, 1.807) is 25.2 Å². The van der Waals surface area contributed by atoms with Crippen LogP contribution in [0, 0.1) is 0 Å². The van der Waals surface area contributed by atoms with Gasteiger partial charge in [0.25, 0.3) is 0 Å². The maximum Gasteiger partial charge on any atom is 0.0892 e. The molecule has 0 fully saturated rings. The summed E-state index contributed by atoms with van der Waals surface area (Å²) in [5, 5.41) is 14.8. The quantitative estimate of drug-likeness (QED) is 0.605.